The minimum Gasteiger partial charge on any atom is -0.394 e. The van der Waals surface area contributed by atoms with Crippen molar-refractivity contribution in [3.05, 3.63) is 11.6 Å². The molecule has 9 aliphatic rings. The van der Waals surface area contributed by atoms with Gasteiger partial charge >= 0.3 is 0 Å². The van der Waals surface area contributed by atoms with E-state index in [1.54, 1.807) is 0 Å². The number of hydrogen-bond acceptors (Lipinski definition) is 17. The number of allylic oxidation sites excluding steroid dienone is 1. The fourth-order valence-electron chi connectivity index (χ4n) is 14.8. The van der Waals surface area contributed by atoms with E-state index >= 15 is 0 Å². The molecule has 0 amide bonds. The van der Waals surface area contributed by atoms with Gasteiger partial charge in [0.25, 0.3) is 0 Å². The molecule has 62 heavy (non-hydrogen) atoms. The lowest BCUT2D eigenvalue weighted by atomic mass is 9.47. The van der Waals surface area contributed by atoms with Gasteiger partial charge in [-0.25, -0.2) is 0 Å². The van der Waals surface area contributed by atoms with Crippen LogP contribution in [0.15, 0.2) is 11.6 Å². The molecule has 26 atom stereocenters. The second-order valence-electron chi connectivity index (χ2n) is 21.3. The molecule has 5 aliphatic heterocycles. The molecule has 0 aromatic carbocycles. The first kappa shape index (κ1) is 46.2. The van der Waals surface area contributed by atoms with Gasteiger partial charge in [-0.15, -0.1) is 0 Å². The van der Waals surface area contributed by atoms with Gasteiger partial charge in [0.1, 0.15) is 73.2 Å². The van der Waals surface area contributed by atoms with E-state index in [-0.39, 0.29) is 5.41 Å². The highest BCUT2D eigenvalue weighted by atomic mass is 16.8. The Balaban J connectivity index is 0.956. The maximum absolute atomic E-state index is 11.6. The summed E-state index contributed by atoms with van der Waals surface area (Å²) in [5, 5.41) is 106. The van der Waals surface area contributed by atoms with E-state index in [0.717, 1.165) is 36.6 Å². The third-order valence-corrected chi connectivity index (χ3v) is 18.1. The maximum atomic E-state index is 11.6. The SMILES string of the molecule is CC1CCC2C(C)C3C(CC4C5CC=C6CC(OC7OC(CO)C(O)C(OC8OC(CO)C(O)C(O)C8O)C7OC7OC(CO)C(O)C(O)C7O)CCC6(C)C5CCC43C)N2C1. The Morgan fingerprint density at radius 1 is 0.645 bits per heavy atom. The standard InChI is InChI=1S/C45H73NO16/c1-19-5-8-26-20(2)31-27(46(26)15-19)14-25-23-7-6-21-13-22(9-11-44(21,3)24(23)10-12-45(25,31)4)57-43-40(62-42-38(56)36(54)33(51)29(17-48)59-42)39(34(52)30(18-49)60-43)61-41-37(55)35(53)32(50)28(16-47)58-41/h6,19-20,22-43,47-56H,5,7-18H2,1-4H3. The Kier molecular flexibility index (Phi) is 13.1. The molecule has 17 heteroatoms. The van der Waals surface area contributed by atoms with Crippen LogP contribution in [0.2, 0.25) is 0 Å². The van der Waals surface area contributed by atoms with Crippen LogP contribution < -0.4 is 0 Å². The molecular formula is C45H73NO16. The molecule has 0 aromatic rings. The summed E-state index contributed by atoms with van der Waals surface area (Å²) < 4.78 is 36.6. The molecule has 3 saturated carbocycles. The van der Waals surface area contributed by atoms with Crippen LogP contribution in [0.5, 0.6) is 0 Å². The van der Waals surface area contributed by atoms with Crippen LogP contribution >= 0.6 is 0 Å². The Hall–Kier alpha value is -0.940. The fourth-order valence-corrected chi connectivity index (χ4v) is 14.8. The van der Waals surface area contributed by atoms with Crippen LogP contribution in [0.1, 0.15) is 85.5 Å². The lowest BCUT2D eigenvalue weighted by molar-refractivity contribution is -0.395. The molecule has 0 bridgehead atoms. The normalized spacial score (nSPS) is 56.6. The first-order valence-corrected chi connectivity index (χ1v) is 23.5. The highest BCUT2D eigenvalue weighted by Crippen LogP contribution is 2.70. The molecule has 0 aromatic heterocycles. The van der Waals surface area contributed by atoms with Crippen molar-refractivity contribution in [2.45, 2.75) is 196 Å². The highest BCUT2D eigenvalue weighted by Gasteiger charge is 2.67. The van der Waals surface area contributed by atoms with E-state index in [1.807, 2.05) is 0 Å². The maximum Gasteiger partial charge on any atom is 0.187 e. The minimum absolute atomic E-state index is 0.0200. The Bertz CT molecular complexity index is 1610. The molecule has 5 heterocycles. The van der Waals surface area contributed by atoms with Gasteiger partial charge in [0.2, 0.25) is 0 Å². The van der Waals surface area contributed by atoms with Gasteiger partial charge in [-0.2, -0.15) is 0 Å². The van der Waals surface area contributed by atoms with Gasteiger partial charge in [-0.05, 0) is 104 Å². The number of aliphatic hydroxyl groups is 10. The molecule has 0 radical (unpaired) electrons. The Morgan fingerprint density at radius 2 is 1.24 bits per heavy atom. The average molecular weight is 884 g/mol. The van der Waals surface area contributed by atoms with Crippen LogP contribution in [0.4, 0.5) is 0 Å². The fraction of sp³-hybridized carbons (Fsp3) is 0.956. The van der Waals surface area contributed by atoms with E-state index in [2.05, 4.69) is 38.7 Å². The molecule has 9 rings (SSSR count). The quantitative estimate of drug-likeness (QED) is 0.126. The summed E-state index contributed by atoms with van der Waals surface area (Å²) in [5.41, 5.74) is 1.66. The summed E-state index contributed by atoms with van der Waals surface area (Å²) in [7, 11) is 0. The molecule has 8 fully saturated rings. The third-order valence-electron chi connectivity index (χ3n) is 18.1. The first-order valence-electron chi connectivity index (χ1n) is 23.5. The first-order chi connectivity index (χ1) is 29.5. The van der Waals surface area contributed by atoms with Crippen molar-refractivity contribution in [2.24, 2.45) is 46.3 Å². The lowest BCUT2D eigenvalue weighted by Gasteiger charge is -2.58. The van der Waals surface area contributed by atoms with Gasteiger partial charge in [0.15, 0.2) is 18.9 Å². The van der Waals surface area contributed by atoms with Crippen molar-refractivity contribution in [2.75, 3.05) is 26.4 Å². The second kappa shape index (κ2) is 17.6. The van der Waals surface area contributed by atoms with E-state index < -0.39 is 118 Å². The summed E-state index contributed by atoms with van der Waals surface area (Å²) in [6.45, 7) is 9.07. The Labute approximate surface area is 363 Å². The predicted molar refractivity (Wildman–Crippen MR) is 216 cm³/mol. The summed E-state index contributed by atoms with van der Waals surface area (Å²) in [6.07, 6.45) is -12.9. The number of rotatable bonds is 9. The van der Waals surface area contributed by atoms with Gasteiger partial charge < -0.3 is 79.5 Å². The zero-order valence-corrected chi connectivity index (χ0v) is 36.5. The summed E-state index contributed by atoms with van der Waals surface area (Å²) in [5.74, 6) is 4.06. The van der Waals surface area contributed by atoms with Gasteiger partial charge in [-0.3, -0.25) is 4.90 Å². The second-order valence-corrected chi connectivity index (χ2v) is 21.3. The third kappa shape index (κ3) is 7.49. The van der Waals surface area contributed by atoms with E-state index in [4.69, 9.17) is 28.4 Å². The zero-order valence-electron chi connectivity index (χ0n) is 36.5. The summed E-state index contributed by atoms with van der Waals surface area (Å²) >= 11 is 0. The molecule has 10 N–H and O–H groups in total. The van der Waals surface area contributed by atoms with Gasteiger partial charge in [0.05, 0.1) is 25.9 Å². The van der Waals surface area contributed by atoms with E-state index in [0.29, 0.717) is 42.1 Å². The van der Waals surface area contributed by atoms with Crippen LogP contribution in [-0.4, -0.2) is 193 Å². The minimum atomic E-state index is -1.86. The van der Waals surface area contributed by atoms with E-state index in [1.165, 1.54) is 44.2 Å². The van der Waals surface area contributed by atoms with Crippen molar-refractivity contribution < 1.29 is 79.5 Å². The zero-order chi connectivity index (χ0) is 44.2. The van der Waals surface area contributed by atoms with Crippen molar-refractivity contribution >= 4 is 0 Å². The smallest absolute Gasteiger partial charge is 0.187 e. The van der Waals surface area contributed by atoms with Gasteiger partial charge in [-0.1, -0.05) is 39.3 Å². The van der Waals surface area contributed by atoms with E-state index in [9.17, 15) is 51.1 Å². The highest BCUT2D eigenvalue weighted by molar-refractivity contribution is 5.27. The molecule has 26 unspecified atom stereocenters. The van der Waals surface area contributed by atoms with Crippen LogP contribution in [0.25, 0.3) is 0 Å². The molecular weight excluding hydrogens is 810 g/mol. The predicted octanol–water partition coefficient (Wildman–Crippen LogP) is -0.872. The van der Waals surface area contributed by atoms with Crippen molar-refractivity contribution in [3.63, 3.8) is 0 Å². The Morgan fingerprint density at radius 3 is 1.87 bits per heavy atom. The van der Waals surface area contributed by atoms with Crippen LogP contribution in [0, 0.1) is 46.3 Å². The molecule has 4 aliphatic carbocycles. The number of piperidine rings is 1. The summed E-state index contributed by atoms with van der Waals surface area (Å²) in [4.78, 5) is 2.93. The van der Waals surface area contributed by atoms with Crippen LogP contribution in [0.3, 0.4) is 0 Å². The molecule has 17 nitrogen and oxygen atoms in total. The largest absolute Gasteiger partial charge is 0.394 e. The number of aliphatic hydroxyl groups excluding tert-OH is 10. The molecule has 5 saturated heterocycles. The topological polar surface area (TPSA) is 261 Å². The average Bonchev–Trinajstić information content (AvgIpc) is 3.73. The molecule has 354 valence electrons. The van der Waals surface area contributed by atoms with Gasteiger partial charge in [0, 0.05) is 18.6 Å². The van der Waals surface area contributed by atoms with Crippen molar-refractivity contribution in [1.82, 2.24) is 4.90 Å². The number of fused-ring (bicyclic) bond motifs is 9. The number of hydrogen-bond donors (Lipinski definition) is 10. The summed E-state index contributed by atoms with van der Waals surface area (Å²) in [6, 6.07) is 1.40. The van der Waals surface area contributed by atoms with Crippen LogP contribution in [-0.2, 0) is 28.4 Å². The van der Waals surface area contributed by atoms with Crippen molar-refractivity contribution in [3.8, 4) is 0 Å². The lowest BCUT2D eigenvalue weighted by Crippen LogP contribution is -2.67. The van der Waals surface area contributed by atoms with Crippen molar-refractivity contribution in [1.29, 1.82) is 0 Å². The number of ether oxygens (including phenoxy) is 6. The molecule has 0 spiro atoms. The number of nitrogens with zero attached hydrogens (tertiary/aromatic N) is 1. The monoisotopic (exact) mass is 883 g/mol.